The van der Waals surface area contributed by atoms with Gasteiger partial charge in [0.05, 0.1) is 17.7 Å². The molecule has 2 aliphatic heterocycles. The summed E-state index contributed by atoms with van der Waals surface area (Å²) in [5.74, 6) is -1.64. The summed E-state index contributed by atoms with van der Waals surface area (Å²) in [6.07, 6.45) is -0.543. The van der Waals surface area contributed by atoms with Crippen molar-refractivity contribution in [1.29, 1.82) is 0 Å². The van der Waals surface area contributed by atoms with E-state index in [1.807, 2.05) is 0 Å². The van der Waals surface area contributed by atoms with E-state index in [2.05, 4.69) is 0 Å². The van der Waals surface area contributed by atoms with Crippen LogP contribution in [0.25, 0.3) is 0 Å². The zero-order chi connectivity index (χ0) is 12.7. The Labute approximate surface area is 102 Å². The summed E-state index contributed by atoms with van der Waals surface area (Å²) in [7, 11) is 0. The van der Waals surface area contributed by atoms with Gasteiger partial charge in [-0.25, -0.2) is 9.63 Å². The van der Waals surface area contributed by atoms with Gasteiger partial charge in [0.1, 0.15) is 0 Å². The number of benzene rings is 1. The van der Waals surface area contributed by atoms with E-state index in [0.717, 1.165) is 0 Å². The molecule has 0 saturated carbocycles. The molecule has 3 rings (SSSR count). The molecular weight excluding hydrogens is 238 g/mol. The molecule has 0 radical (unpaired) electrons. The smallest absolute Gasteiger partial charge is 0.338 e. The van der Waals surface area contributed by atoms with E-state index in [0.29, 0.717) is 11.5 Å². The Bertz CT molecular complexity index is 518. The van der Waals surface area contributed by atoms with Gasteiger partial charge in [0, 0.05) is 6.42 Å². The lowest BCUT2D eigenvalue weighted by molar-refractivity contribution is -0.166. The Hall–Kier alpha value is -2.21. The van der Waals surface area contributed by atoms with Crippen LogP contribution in [0.15, 0.2) is 24.3 Å². The van der Waals surface area contributed by atoms with Gasteiger partial charge in [0.15, 0.2) is 6.10 Å². The lowest BCUT2D eigenvalue weighted by atomic mass is 10.1. The fourth-order valence-corrected chi connectivity index (χ4v) is 1.96. The molecule has 2 aliphatic rings. The van der Waals surface area contributed by atoms with Gasteiger partial charge in [-0.05, 0) is 12.1 Å². The summed E-state index contributed by atoms with van der Waals surface area (Å²) in [4.78, 5) is 40.3. The van der Waals surface area contributed by atoms with Gasteiger partial charge >= 0.3 is 5.97 Å². The van der Waals surface area contributed by atoms with Gasteiger partial charge in [-0.2, -0.15) is 0 Å². The quantitative estimate of drug-likeness (QED) is 0.563. The van der Waals surface area contributed by atoms with Crippen molar-refractivity contribution < 1.29 is 24.0 Å². The summed E-state index contributed by atoms with van der Waals surface area (Å²) in [6.45, 7) is 0.243. The van der Waals surface area contributed by atoms with Gasteiger partial charge in [0.2, 0.25) is 0 Å². The number of ether oxygens (including phenoxy) is 1. The van der Waals surface area contributed by atoms with Crippen molar-refractivity contribution >= 4 is 17.8 Å². The molecule has 1 unspecified atom stereocenters. The van der Waals surface area contributed by atoms with Crippen LogP contribution in [0.3, 0.4) is 0 Å². The second-order valence-corrected chi connectivity index (χ2v) is 4.00. The van der Waals surface area contributed by atoms with Crippen LogP contribution in [-0.4, -0.2) is 35.6 Å². The number of amides is 2. The molecule has 1 aromatic carbocycles. The predicted octanol–water partition coefficient (Wildman–Crippen LogP) is 0.530. The number of carbonyl (C=O) groups excluding carboxylic acids is 3. The third-order valence-electron chi connectivity index (χ3n) is 2.88. The van der Waals surface area contributed by atoms with Crippen LogP contribution in [-0.2, 0) is 14.4 Å². The first-order chi connectivity index (χ1) is 8.68. The highest BCUT2D eigenvalue weighted by Gasteiger charge is 2.40. The summed E-state index contributed by atoms with van der Waals surface area (Å²) in [5.41, 5.74) is 0.572. The number of rotatable bonds is 2. The SMILES string of the molecule is O=C1OCCC1ON1C(=O)c2ccccc2C1=O. The van der Waals surface area contributed by atoms with Crippen LogP contribution in [0, 0.1) is 0 Å². The minimum absolute atomic E-state index is 0.243. The molecule has 1 fully saturated rings. The topological polar surface area (TPSA) is 72.9 Å². The standard InChI is InChI=1S/C12H9NO5/c14-10-7-3-1-2-4-8(7)11(15)13(10)18-9-5-6-17-12(9)16/h1-4,9H,5-6H2. The number of esters is 1. The number of imide groups is 1. The summed E-state index contributed by atoms with van der Waals surface area (Å²) in [6, 6.07) is 6.42. The second-order valence-electron chi connectivity index (χ2n) is 4.00. The van der Waals surface area contributed by atoms with E-state index in [4.69, 9.17) is 9.57 Å². The van der Waals surface area contributed by atoms with Crippen molar-refractivity contribution in [2.75, 3.05) is 6.61 Å². The summed E-state index contributed by atoms with van der Waals surface area (Å²) in [5, 5.41) is 0.641. The normalized spacial score (nSPS) is 22.3. The number of hydroxylamine groups is 2. The fraction of sp³-hybridized carbons (Fsp3) is 0.250. The first-order valence-electron chi connectivity index (χ1n) is 5.49. The molecule has 0 N–H and O–H groups in total. The lowest BCUT2D eigenvalue weighted by Crippen LogP contribution is -2.36. The Morgan fingerprint density at radius 1 is 1.11 bits per heavy atom. The van der Waals surface area contributed by atoms with E-state index in [1.54, 1.807) is 24.3 Å². The van der Waals surface area contributed by atoms with Gasteiger partial charge in [-0.1, -0.05) is 12.1 Å². The molecular formula is C12H9NO5. The molecule has 0 bridgehead atoms. The van der Waals surface area contributed by atoms with E-state index in [1.165, 1.54) is 0 Å². The summed E-state index contributed by atoms with van der Waals surface area (Å²) >= 11 is 0. The van der Waals surface area contributed by atoms with Crippen LogP contribution in [0.1, 0.15) is 27.1 Å². The maximum absolute atomic E-state index is 11.9. The third kappa shape index (κ3) is 1.50. The zero-order valence-corrected chi connectivity index (χ0v) is 9.29. The highest BCUT2D eigenvalue weighted by Crippen LogP contribution is 2.24. The van der Waals surface area contributed by atoms with Gasteiger partial charge < -0.3 is 4.74 Å². The van der Waals surface area contributed by atoms with Crippen LogP contribution in [0.4, 0.5) is 0 Å². The van der Waals surface area contributed by atoms with Gasteiger partial charge in [0.25, 0.3) is 11.8 Å². The van der Waals surface area contributed by atoms with E-state index < -0.39 is 23.9 Å². The molecule has 6 nitrogen and oxygen atoms in total. The number of hydrogen-bond acceptors (Lipinski definition) is 5. The van der Waals surface area contributed by atoms with Gasteiger partial charge in [-0.3, -0.25) is 9.59 Å². The third-order valence-corrected chi connectivity index (χ3v) is 2.88. The maximum atomic E-state index is 11.9. The van der Waals surface area contributed by atoms with Crippen LogP contribution < -0.4 is 0 Å². The molecule has 2 amide bonds. The van der Waals surface area contributed by atoms with Crippen molar-refractivity contribution in [1.82, 2.24) is 5.06 Å². The van der Waals surface area contributed by atoms with E-state index >= 15 is 0 Å². The van der Waals surface area contributed by atoms with E-state index in [9.17, 15) is 14.4 Å². The van der Waals surface area contributed by atoms with Gasteiger partial charge in [-0.15, -0.1) is 5.06 Å². The average molecular weight is 247 g/mol. The molecule has 18 heavy (non-hydrogen) atoms. The van der Waals surface area contributed by atoms with E-state index in [-0.39, 0.29) is 17.7 Å². The van der Waals surface area contributed by atoms with Crippen LogP contribution >= 0.6 is 0 Å². The Morgan fingerprint density at radius 3 is 2.22 bits per heavy atom. The Kier molecular flexibility index (Phi) is 2.38. The number of fused-ring (bicyclic) bond motifs is 1. The molecule has 1 saturated heterocycles. The molecule has 6 heteroatoms. The average Bonchev–Trinajstić information content (AvgIpc) is 2.89. The van der Waals surface area contributed by atoms with Crippen LogP contribution in [0.2, 0.25) is 0 Å². The highest BCUT2D eigenvalue weighted by molar-refractivity contribution is 6.20. The monoisotopic (exact) mass is 247 g/mol. The number of nitrogens with zero attached hydrogens (tertiary/aromatic N) is 1. The largest absolute Gasteiger partial charge is 0.464 e. The van der Waals surface area contributed by atoms with Crippen molar-refractivity contribution in [3.05, 3.63) is 35.4 Å². The predicted molar refractivity (Wildman–Crippen MR) is 57.4 cm³/mol. The number of cyclic esters (lactones) is 1. The van der Waals surface area contributed by atoms with Crippen molar-refractivity contribution in [2.24, 2.45) is 0 Å². The van der Waals surface area contributed by atoms with Crippen molar-refractivity contribution in [3.63, 3.8) is 0 Å². The molecule has 0 aliphatic carbocycles. The minimum atomic E-state index is -0.882. The molecule has 0 aromatic heterocycles. The van der Waals surface area contributed by atoms with Crippen LogP contribution in [0.5, 0.6) is 0 Å². The molecule has 0 spiro atoms. The molecule has 92 valence electrons. The number of carbonyl (C=O) groups is 3. The minimum Gasteiger partial charge on any atom is -0.464 e. The molecule has 2 heterocycles. The number of hydrogen-bond donors (Lipinski definition) is 0. The highest BCUT2D eigenvalue weighted by atomic mass is 16.7. The second kappa shape index (κ2) is 3.92. The molecule has 1 aromatic rings. The van der Waals surface area contributed by atoms with Crippen molar-refractivity contribution in [3.8, 4) is 0 Å². The Balaban J connectivity index is 1.86. The molecule has 1 atom stereocenters. The first kappa shape index (κ1) is 10.9. The first-order valence-corrected chi connectivity index (χ1v) is 5.49. The van der Waals surface area contributed by atoms with Crippen molar-refractivity contribution in [2.45, 2.75) is 12.5 Å². The zero-order valence-electron chi connectivity index (χ0n) is 9.29. The Morgan fingerprint density at radius 2 is 1.72 bits per heavy atom. The lowest BCUT2D eigenvalue weighted by Gasteiger charge is -2.15. The maximum Gasteiger partial charge on any atom is 0.338 e. The fourth-order valence-electron chi connectivity index (χ4n) is 1.96. The summed E-state index contributed by atoms with van der Waals surface area (Å²) < 4.78 is 4.71.